The molecule has 0 saturated carbocycles. The predicted molar refractivity (Wildman–Crippen MR) is 121 cm³/mol. The lowest BCUT2D eigenvalue weighted by atomic mass is 10.0. The number of amides is 1. The molecule has 0 saturated heterocycles. The second-order valence-electron chi connectivity index (χ2n) is 7.34. The maximum absolute atomic E-state index is 13.1. The number of hydrogen-bond donors (Lipinski definition) is 1. The summed E-state index contributed by atoms with van der Waals surface area (Å²) < 4.78 is 1.79. The van der Waals surface area contributed by atoms with Gasteiger partial charge in [0.05, 0.1) is 10.7 Å². The summed E-state index contributed by atoms with van der Waals surface area (Å²) in [7, 11) is 3.96. The fraction of sp³-hybridized carbons (Fsp3) is 0.381. The van der Waals surface area contributed by atoms with Crippen LogP contribution in [-0.4, -0.2) is 63.8 Å². The van der Waals surface area contributed by atoms with Crippen LogP contribution in [-0.2, 0) is 6.54 Å². The van der Waals surface area contributed by atoms with Crippen LogP contribution in [0.25, 0.3) is 17.0 Å². The summed E-state index contributed by atoms with van der Waals surface area (Å²) in [5, 5.41) is 1.04. The fourth-order valence-corrected chi connectivity index (χ4v) is 3.85. The number of fused-ring (bicyclic) bond motifs is 1. The zero-order valence-electron chi connectivity index (χ0n) is 17.6. The average Bonchev–Trinajstić information content (AvgIpc) is 3.11. The Morgan fingerprint density at radius 1 is 1.20 bits per heavy atom. The molecule has 7 nitrogen and oxygen atoms in total. The highest BCUT2D eigenvalue weighted by atomic mass is 35.5. The SMILES string of the molecule is CCN(CCN(C)C)C(=O)c1cn2c(-c3ccc(Cl)cc3Cl)c(CN)c(C)nc2n1. The first-order chi connectivity index (χ1) is 14.3. The van der Waals surface area contributed by atoms with Crippen LogP contribution < -0.4 is 5.73 Å². The average molecular weight is 449 g/mol. The van der Waals surface area contributed by atoms with Crippen molar-refractivity contribution in [3.8, 4) is 11.3 Å². The van der Waals surface area contributed by atoms with Crippen molar-refractivity contribution in [1.82, 2.24) is 24.2 Å². The summed E-state index contributed by atoms with van der Waals surface area (Å²) in [5.41, 5.74) is 9.49. The van der Waals surface area contributed by atoms with Crippen molar-refractivity contribution in [3.63, 3.8) is 0 Å². The minimum absolute atomic E-state index is 0.134. The predicted octanol–water partition coefficient (Wildman–Crippen LogP) is 3.49. The Bertz CT molecular complexity index is 1080. The highest BCUT2D eigenvalue weighted by molar-refractivity contribution is 6.36. The van der Waals surface area contributed by atoms with E-state index in [4.69, 9.17) is 28.9 Å². The molecule has 30 heavy (non-hydrogen) atoms. The maximum atomic E-state index is 13.1. The second kappa shape index (κ2) is 9.31. The van der Waals surface area contributed by atoms with Crippen LogP contribution >= 0.6 is 23.2 Å². The maximum Gasteiger partial charge on any atom is 0.274 e. The quantitative estimate of drug-likeness (QED) is 0.598. The molecule has 3 aromatic rings. The zero-order chi connectivity index (χ0) is 22.0. The van der Waals surface area contributed by atoms with Crippen LogP contribution in [0.2, 0.25) is 10.0 Å². The van der Waals surface area contributed by atoms with E-state index in [0.29, 0.717) is 34.6 Å². The number of aromatic nitrogens is 3. The number of nitrogens with zero attached hydrogens (tertiary/aromatic N) is 5. The standard InChI is InChI=1S/C21H26Cl2N6O/c1-5-28(9-8-27(3)4)20(30)18-12-29-19(15-7-6-14(22)10-17(15)23)16(11-24)13(2)25-21(29)26-18/h6-7,10,12H,5,8-9,11,24H2,1-4H3. The fourth-order valence-electron chi connectivity index (χ4n) is 3.36. The van der Waals surface area contributed by atoms with E-state index in [0.717, 1.165) is 29.1 Å². The Kier molecular flexibility index (Phi) is 6.98. The van der Waals surface area contributed by atoms with Crippen LogP contribution in [0.5, 0.6) is 0 Å². The highest BCUT2D eigenvalue weighted by Gasteiger charge is 2.22. The van der Waals surface area contributed by atoms with Crippen molar-refractivity contribution in [2.45, 2.75) is 20.4 Å². The molecule has 9 heteroatoms. The molecule has 2 heterocycles. The topological polar surface area (TPSA) is 79.8 Å². The molecule has 0 unspecified atom stereocenters. The Hall–Kier alpha value is -2.19. The highest BCUT2D eigenvalue weighted by Crippen LogP contribution is 2.34. The lowest BCUT2D eigenvalue weighted by Gasteiger charge is -2.21. The van der Waals surface area contributed by atoms with E-state index in [-0.39, 0.29) is 12.5 Å². The molecule has 1 amide bonds. The Morgan fingerprint density at radius 2 is 1.93 bits per heavy atom. The van der Waals surface area contributed by atoms with Gasteiger partial charge in [-0.1, -0.05) is 23.2 Å². The summed E-state index contributed by atoms with van der Waals surface area (Å²) in [6, 6.07) is 5.30. The number of carbonyl (C=O) groups excluding carboxylic acids is 1. The first-order valence-corrected chi connectivity index (χ1v) is 10.5. The van der Waals surface area contributed by atoms with Crippen molar-refractivity contribution in [3.05, 3.63) is 51.4 Å². The molecule has 0 aliphatic rings. The molecule has 0 bridgehead atoms. The summed E-state index contributed by atoms with van der Waals surface area (Å²) in [6.45, 7) is 6.09. The number of aryl methyl sites for hydroxylation is 1. The molecule has 0 atom stereocenters. The van der Waals surface area contributed by atoms with E-state index < -0.39 is 0 Å². The molecule has 3 rings (SSSR count). The third-order valence-corrected chi connectivity index (χ3v) is 5.56. The van der Waals surface area contributed by atoms with Crippen LogP contribution in [0.1, 0.15) is 28.7 Å². The van der Waals surface area contributed by atoms with Gasteiger partial charge in [-0.2, -0.15) is 0 Å². The number of rotatable bonds is 7. The normalized spacial score (nSPS) is 11.5. The Labute approximate surface area is 186 Å². The van der Waals surface area contributed by atoms with E-state index in [1.54, 1.807) is 27.6 Å². The van der Waals surface area contributed by atoms with Gasteiger partial charge >= 0.3 is 0 Å². The monoisotopic (exact) mass is 448 g/mol. The van der Waals surface area contributed by atoms with Gasteiger partial charge < -0.3 is 15.5 Å². The smallest absolute Gasteiger partial charge is 0.274 e. The number of imidazole rings is 1. The number of hydrogen-bond acceptors (Lipinski definition) is 5. The number of benzene rings is 1. The molecule has 160 valence electrons. The van der Waals surface area contributed by atoms with Crippen LogP contribution in [0.15, 0.2) is 24.4 Å². The van der Waals surface area contributed by atoms with Crippen LogP contribution in [0.3, 0.4) is 0 Å². The molecule has 0 spiro atoms. The number of carbonyl (C=O) groups is 1. The van der Waals surface area contributed by atoms with E-state index in [1.165, 1.54) is 0 Å². The molecule has 0 radical (unpaired) electrons. The van der Waals surface area contributed by atoms with Crippen LogP contribution in [0, 0.1) is 6.92 Å². The lowest BCUT2D eigenvalue weighted by Crippen LogP contribution is -2.36. The van der Waals surface area contributed by atoms with E-state index in [1.807, 2.05) is 38.9 Å². The van der Waals surface area contributed by atoms with Gasteiger partial charge in [-0.05, 0) is 46.1 Å². The number of halogens is 2. The largest absolute Gasteiger partial charge is 0.336 e. The Balaban J connectivity index is 2.15. The molecular weight excluding hydrogens is 423 g/mol. The van der Waals surface area contributed by atoms with Crippen molar-refractivity contribution in [1.29, 1.82) is 0 Å². The van der Waals surface area contributed by atoms with Gasteiger partial charge in [0.2, 0.25) is 5.78 Å². The van der Waals surface area contributed by atoms with E-state index in [9.17, 15) is 4.79 Å². The second-order valence-corrected chi connectivity index (χ2v) is 8.18. The minimum Gasteiger partial charge on any atom is -0.336 e. The molecule has 2 aromatic heterocycles. The lowest BCUT2D eigenvalue weighted by molar-refractivity contribution is 0.0749. The Morgan fingerprint density at radius 3 is 2.53 bits per heavy atom. The number of likely N-dealkylation sites (N-methyl/N-ethyl adjacent to an activating group) is 2. The molecular formula is C21H26Cl2N6O. The zero-order valence-corrected chi connectivity index (χ0v) is 19.1. The minimum atomic E-state index is -0.134. The molecule has 1 aromatic carbocycles. The summed E-state index contributed by atoms with van der Waals surface area (Å²) in [5.74, 6) is 0.294. The van der Waals surface area contributed by atoms with Gasteiger partial charge in [0.15, 0.2) is 0 Å². The third-order valence-electron chi connectivity index (χ3n) is 5.01. The molecule has 0 aliphatic heterocycles. The summed E-state index contributed by atoms with van der Waals surface area (Å²) in [6.07, 6.45) is 1.71. The summed E-state index contributed by atoms with van der Waals surface area (Å²) >= 11 is 12.6. The van der Waals surface area contributed by atoms with E-state index >= 15 is 0 Å². The molecule has 0 fully saturated rings. The molecule has 0 aliphatic carbocycles. The number of nitrogens with two attached hydrogens (primary N) is 1. The van der Waals surface area contributed by atoms with Crippen molar-refractivity contribution in [2.24, 2.45) is 5.73 Å². The first-order valence-electron chi connectivity index (χ1n) is 9.74. The van der Waals surface area contributed by atoms with Crippen molar-refractivity contribution < 1.29 is 4.79 Å². The van der Waals surface area contributed by atoms with E-state index in [2.05, 4.69) is 9.97 Å². The first kappa shape index (κ1) is 22.5. The van der Waals surface area contributed by atoms with Gasteiger partial charge in [0.1, 0.15) is 5.69 Å². The van der Waals surface area contributed by atoms with Crippen LogP contribution in [0.4, 0.5) is 0 Å². The van der Waals surface area contributed by atoms with Gasteiger partial charge in [-0.15, -0.1) is 0 Å². The van der Waals surface area contributed by atoms with Gasteiger partial charge in [-0.25, -0.2) is 9.97 Å². The third kappa shape index (κ3) is 4.44. The molecule has 2 N–H and O–H groups in total. The van der Waals surface area contributed by atoms with Gasteiger partial charge in [0, 0.05) is 54.2 Å². The summed E-state index contributed by atoms with van der Waals surface area (Å²) in [4.78, 5) is 26.0. The van der Waals surface area contributed by atoms with Gasteiger partial charge in [0.25, 0.3) is 5.91 Å². The van der Waals surface area contributed by atoms with Crippen molar-refractivity contribution in [2.75, 3.05) is 33.7 Å². The van der Waals surface area contributed by atoms with Crippen molar-refractivity contribution >= 4 is 34.9 Å². The van der Waals surface area contributed by atoms with Gasteiger partial charge in [-0.3, -0.25) is 9.20 Å².